The first-order valence-electron chi connectivity index (χ1n) is 11.1. The van der Waals surface area contributed by atoms with E-state index in [4.69, 9.17) is 9.72 Å². The molecule has 9 nitrogen and oxygen atoms in total. The Bertz CT molecular complexity index is 1180. The molecule has 166 valence electrons. The van der Waals surface area contributed by atoms with E-state index in [1.54, 1.807) is 17.0 Å². The molecular weight excluding hydrogens is 404 g/mol. The Hall–Kier alpha value is -3.46. The van der Waals surface area contributed by atoms with E-state index in [2.05, 4.69) is 51.7 Å². The topological polar surface area (TPSA) is 94.2 Å². The van der Waals surface area contributed by atoms with Gasteiger partial charge in [0.2, 0.25) is 5.95 Å². The third-order valence-electron chi connectivity index (χ3n) is 5.73. The van der Waals surface area contributed by atoms with Crippen molar-refractivity contribution < 1.29 is 4.74 Å². The minimum atomic E-state index is 0.0754. The fourth-order valence-corrected chi connectivity index (χ4v) is 4.01. The van der Waals surface area contributed by atoms with E-state index >= 15 is 0 Å². The Balaban J connectivity index is 1.46. The molecule has 9 heteroatoms. The molecule has 1 aliphatic heterocycles. The summed E-state index contributed by atoms with van der Waals surface area (Å²) in [5.74, 6) is 0.905. The number of piperidine rings is 1. The molecule has 3 aromatic heterocycles. The molecular formula is C23H28N8O. The van der Waals surface area contributed by atoms with Crippen LogP contribution in [0.15, 0.2) is 49.2 Å². The fourth-order valence-electron chi connectivity index (χ4n) is 4.01. The predicted molar refractivity (Wildman–Crippen MR) is 122 cm³/mol. The fraction of sp³-hybridized carbons (Fsp3) is 0.391. The van der Waals surface area contributed by atoms with Crippen LogP contribution in [0.1, 0.15) is 43.7 Å². The summed E-state index contributed by atoms with van der Waals surface area (Å²) in [5, 5.41) is 11.4. The minimum absolute atomic E-state index is 0.0754. The van der Waals surface area contributed by atoms with Crippen LogP contribution in [0.3, 0.4) is 0 Å². The van der Waals surface area contributed by atoms with E-state index < -0.39 is 0 Å². The molecule has 5 rings (SSSR count). The molecule has 2 N–H and O–H groups in total. The second-order valence-corrected chi connectivity index (χ2v) is 8.36. The summed E-state index contributed by atoms with van der Waals surface area (Å²) >= 11 is 0. The highest BCUT2D eigenvalue weighted by molar-refractivity contribution is 5.53. The molecule has 1 aliphatic rings. The Morgan fingerprint density at radius 1 is 1.25 bits per heavy atom. The normalized spacial score (nSPS) is 16.5. The second-order valence-electron chi connectivity index (χ2n) is 8.36. The lowest BCUT2D eigenvalue weighted by molar-refractivity contribution is 0.153. The number of anilines is 1. The number of nitrogens with zero attached hydrogens (tertiary/aromatic N) is 6. The summed E-state index contributed by atoms with van der Waals surface area (Å²) in [6, 6.07) is 8.61. The largest absolute Gasteiger partial charge is 0.459 e. The van der Waals surface area contributed by atoms with Gasteiger partial charge in [-0.15, -0.1) is 0 Å². The van der Waals surface area contributed by atoms with E-state index in [0.29, 0.717) is 24.4 Å². The molecule has 0 radical (unpaired) electrons. The van der Waals surface area contributed by atoms with Crippen molar-refractivity contribution in [2.75, 3.05) is 18.4 Å². The monoisotopic (exact) mass is 432 g/mol. The number of para-hydroxylation sites is 1. The maximum absolute atomic E-state index is 6.16. The first-order chi connectivity index (χ1) is 15.7. The zero-order chi connectivity index (χ0) is 21.9. The number of ether oxygens (including phenoxy) is 1. The van der Waals surface area contributed by atoms with Gasteiger partial charge in [0.05, 0.1) is 18.2 Å². The zero-order valence-corrected chi connectivity index (χ0v) is 18.4. The van der Waals surface area contributed by atoms with E-state index in [-0.39, 0.29) is 6.10 Å². The number of fused-ring (bicyclic) bond motifs is 1. The first-order valence-corrected chi connectivity index (χ1v) is 11.1. The molecule has 1 aromatic carbocycles. The van der Waals surface area contributed by atoms with Gasteiger partial charge in [0.25, 0.3) is 0 Å². The van der Waals surface area contributed by atoms with E-state index in [0.717, 1.165) is 48.4 Å². The maximum Gasteiger partial charge on any atom is 0.322 e. The van der Waals surface area contributed by atoms with E-state index in [1.807, 2.05) is 29.1 Å². The predicted octanol–water partition coefficient (Wildman–Crippen LogP) is 3.18. The van der Waals surface area contributed by atoms with Gasteiger partial charge >= 0.3 is 6.01 Å². The maximum atomic E-state index is 6.16. The van der Waals surface area contributed by atoms with Gasteiger partial charge in [-0.2, -0.15) is 19.6 Å². The zero-order valence-electron chi connectivity index (χ0n) is 18.4. The average Bonchev–Trinajstić information content (AvgIpc) is 3.49. The SMILES string of the molecule is CC(C)c1cnn2c(NCc3ccccc3-n3ccnc3)nc(O[C@@H]3CCCNC3)nc12. The van der Waals surface area contributed by atoms with Crippen molar-refractivity contribution in [3.05, 3.63) is 60.3 Å². The molecule has 1 atom stereocenters. The highest BCUT2D eigenvalue weighted by Gasteiger charge is 2.20. The Morgan fingerprint density at radius 3 is 2.94 bits per heavy atom. The summed E-state index contributed by atoms with van der Waals surface area (Å²) in [6.07, 6.45) is 9.55. The molecule has 0 bridgehead atoms. The van der Waals surface area contributed by atoms with Crippen LogP contribution in [0.4, 0.5) is 5.95 Å². The summed E-state index contributed by atoms with van der Waals surface area (Å²) < 4.78 is 9.93. The molecule has 4 heterocycles. The highest BCUT2D eigenvalue weighted by atomic mass is 16.5. The van der Waals surface area contributed by atoms with Crippen molar-refractivity contribution in [2.24, 2.45) is 0 Å². The van der Waals surface area contributed by atoms with Gasteiger partial charge in [0.15, 0.2) is 5.65 Å². The van der Waals surface area contributed by atoms with Crippen LogP contribution in [0.2, 0.25) is 0 Å². The number of imidazole rings is 1. The van der Waals surface area contributed by atoms with Crippen molar-refractivity contribution in [1.82, 2.24) is 34.4 Å². The summed E-state index contributed by atoms with van der Waals surface area (Å²) in [6.45, 7) is 6.69. The lowest BCUT2D eigenvalue weighted by Crippen LogP contribution is -2.37. The van der Waals surface area contributed by atoms with Gasteiger partial charge in [0, 0.05) is 31.0 Å². The van der Waals surface area contributed by atoms with Crippen molar-refractivity contribution in [1.29, 1.82) is 0 Å². The van der Waals surface area contributed by atoms with Gasteiger partial charge in [0.1, 0.15) is 6.10 Å². The lowest BCUT2D eigenvalue weighted by atomic mass is 10.1. The van der Waals surface area contributed by atoms with Crippen LogP contribution in [-0.4, -0.2) is 48.3 Å². The number of aromatic nitrogens is 6. The van der Waals surface area contributed by atoms with E-state index in [9.17, 15) is 0 Å². The number of hydrogen-bond acceptors (Lipinski definition) is 7. The van der Waals surface area contributed by atoms with Gasteiger partial charge < -0.3 is 19.9 Å². The summed E-state index contributed by atoms with van der Waals surface area (Å²) in [5.41, 5.74) is 4.03. The summed E-state index contributed by atoms with van der Waals surface area (Å²) in [7, 11) is 0. The van der Waals surface area contributed by atoms with Crippen LogP contribution in [-0.2, 0) is 6.54 Å². The molecule has 1 saturated heterocycles. The third-order valence-corrected chi connectivity index (χ3v) is 5.73. The molecule has 0 amide bonds. The Labute approximate surface area is 186 Å². The first kappa shape index (κ1) is 20.4. The van der Waals surface area contributed by atoms with Gasteiger partial charge in [-0.3, -0.25) is 0 Å². The van der Waals surface area contributed by atoms with Crippen molar-refractivity contribution >= 4 is 11.6 Å². The van der Waals surface area contributed by atoms with Crippen molar-refractivity contribution in [2.45, 2.75) is 45.3 Å². The second kappa shape index (κ2) is 8.96. The Morgan fingerprint density at radius 2 is 2.16 bits per heavy atom. The van der Waals surface area contributed by atoms with Crippen LogP contribution >= 0.6 is 0 Å². The van der Waals surface area contributed by atoms with Crippen LogP contribution in [0.5, 0.6) is 6.01 Å². The third kappa shape index (κ3) is 4.16. The van der Waals surface area contributed by atoms with E-state index in [1.165, 1.54) is 0 Å². The van der Waals surface area contributed by atoms with Gasteiger partial charge in [-0.1, -0.05) is 32.0 Å². The van der Waals surface area contributed by atoms with Gasteiger partial charge in [-0.25, -0.2) is 4.98 Å². The number of nitrogens with one attached hydrogen (secondary N) is 2. The molecule has 4 aromatic rings. The quantitative estimate of drug-likeness (QED) is 0.463. The van der Waals surface area contributed by atoms with Crippen molar-refractivity contribution in [3.8, 4) is 11.7 Å². The summed E-state index contributed by atoms with van der Waals surface area (Å²) in [4.78, 5) is 13.6. The van der Waals surface area contributed by atoms with Crippen molar-refractivity contribution in [3.63, 3.8) is 0 Å². The molecule has 0 spiro atoms. The highest BCUT2D eigenvalue weighted by Crippen LogP contribution is 2.24. The molecule has 32 heavy (non-hydrogen) atoms. The van der Waals surface area contributed by atoms with Crippen LogP contribution in [0, 0.1) is 0 Å². The minimum Gasteiger partial charge on any atom is -0.459 e. The standard InChI is InChI=1S/C23H28N8O/c1-16(2)19-14-27-31-21(19)28-23(32-18-7-5-9-24-13-18)29-22(31)26-12-17-6-3-4-8-20(17)30-11-10-25-15-30/h3-4,6,8,10-11,14-16,18,24H,5,7,9,12-13H2,1-2H3,(H,26,28,29)/t18-/m1/s1. The lowest BCUT2D eigenvalue weighted by Gasteiger charge is -2.23. The molecule has 0 aliphatic carbocycles. The number of benzene rings is 1. The van der Waals surface area contributed by atoms with Crippen LogP contribution < -0.4 is 15.4 Å². The molecule has 0 unspecified atom stereocenters. The Kier molecular flexibility index (Phi) is 5.72. The average molecular weight is 433 g/mol. The number of rotatable bonds is 7. The number of hydrogen-bond donors (Lipinski definition) is 2. The van der Waals surface area contributed by atoms with Gasteiger partial charge in [-0.05, 0) is 36.9 Å². The van der Waals surface area contributed by atoms with Crippen LogP contribution in [0.25, 0.3) is 11.3 Å². The smallest absolute Gasteiger partial charge is 0.322 e. The molecule has 1 fully saturated rings. The molecule has 0 saturated carbocycles.